The molecule has 2 aliphatic rings. The zero-order valence-electron chi connectivity index (χ0n) is 19.2. The SMILES string of the molecule is CN(c1cccc(N2CCOCC2)c1)c1ncc2ccn(CCCNC(=O)C3CCC3)c2n1. The van der Waals surface area contributed by atoms with Crippen molar-refractivity contribution >= 4 is 34.3 Å². The van der Waals surface area contributed by atoms with Crippen LogP contribution in [-0.4, -0.2) is 60.3 Å². The van der Waals surface area contributed by atoms with Crippen LogP contribution in [0.25, 0.3) is 11.0 Å². The molecule has 0 bridgehead atoms. The molecule has 1 aromatic carbocycles. The highest BCUT2D eigenvalue weighted by molar-refractivity contribution is 5.79. The summed E-state index contributed by atoms with van der Waals surface area (Å²) >= 11 is 0. The monoisotopic (exact) mass is 448 g/mol. The topological polar surface area (TPSA) is 75.5 Å². The summed E-state index contributed by atoms with van der Waals surface area (Å²) in [5, 5.41) is 4.09. The Bertz CT molecular complexity index is 1100. The van der Waals surface area contributed by atoms with Crippen LogP contribution >= 0.6 is 0 Å². The minimum atomic E-state index is 0.212. The smallest absolute Gasteiger partial charge is 0.231 e. The first-order valence-corrected chi connectivity index (χ1v) is 11.9. The Labute approximate surface area is 194 Å². The predicted molar refractivity (Wildman–Crippen MR) is 130 cm³/mol. The van der Waals surface area contributed by atoms with Gasteiger partial charge in [0.2, 0.25) is 11.9 Å². The molecular weight excluding hydrogens is 416 g/mol. The number of ether oxygens (including phenoxy) is 1. The molecule has 0 atom stereocenters. The molecule has 8 heteroatoms. The highest BCUT2D eigenvalue weighted by Gasteiger charge is 2.24. The Hall–Kier alpha value is -3.13. The number of hydrogen-bond donors (Lipinski definition) is 1. The number of nitrogens with zero attached hydrogens (tertiary/aromatic N) is 5. The van der Waals surface area contributed by atoms with Crippen molar-refractivity contribution in [1.29, 1.82) is 0 Å². The average molecular weight is 449 g/mol. The van der Waals surface area contributed by atoms with Crippen molar-refractivity contribution in [2.75, 3.05) is 49.7 Å². The van der Waals surface area contributed by atoms with E-state index >= 15 is 0 Å². The molecule has 1 amide bonds. The van der Waals surface area contributed by atoms with E-state index < -0.39 is 0 Å². The van der Waals surface area contributed by atoms with Gasteiger partial charge in [0.25, 0.3) is 0 Å². The fraction of sp³-hybridized carbons (Fsp3) is 0.480. The van der Waals surface area contributed by atoms with Gasteiger partial charge in [-0.2, -0.15) is 4.98 Å². The van der Waals surface area contributed by atoms with Gasteiger partial charge in [0, 0.05) is 68.3 Å². The largest absolute Gasteiger partial charge is 0.378 e. The molecule has 5 rings (SSSR count). The van der Waals surface area contributed by atoms with E-state index in [1.165, 1.54) is 12.1 Å². The van der Waals surface area contributed by atoms with Gasteiger partial charge in [0.1, 0.15) is 5.65 Å². The van der Waals surface area contributed by atoms with Crippen molar-refractivity contribution in [2.45, 2.75) is 32.2 Å². The second kappa shape index (κ2) is 9.79. The normalized spacial score (nSPS) is 16.6. The Kier molecular flexibility index (Phi) is 6.44. The van der Waals surface area contributed by atoms with Gasteiger partial charge < -0.3 is 24.4 Å². The summed E-state index contributed by atoms with van der Waals surface area (Å²) in [7, 11) is 2.00. The molecule has 33 heavy (non-hydrogen) atoms. The molecule has 3 heterocycles. The highest BCUT2D eigenvalue weighted by atomic mass is 16.5. The molecule has 0 spiro atoms. The van der Waals surface area contributed by atoms with Crippen molar-refractivity contribution in [2.24, 2.45) is 5.92 Å². The summed E-state index contributed by atoms with van der Waals surface area (Å²) in [6, 6.07) is 10.5. The van der Waals surface area contributed by atoms with Crippen LogP contribution < -0.4 is 15.1 Å². The van der Waals surface area contributed by atoms with Gasteiger partial charge in [-0.25, -0.2) is 4.98 Å². The Balaban J connectivity index is 1.26. The fourth-order valence-corrected chi connectivity index (χ4v) is 4.41. The first-order chi connectivity index (χ1) is 16.2. The Morgan fingerprint density at radius 1 is 1.24 bits per heavy atom. The van der Waals surface area contributed by atoms with Gasteiger partial charge in [0.15, 0.2) is 0 Å². The first-order valence-electron chi connectivity index (χ1n) is 11.9. The van der Waals surface area contributed by atoms with Gasteiger partial charge in [-0.3, -0.25) is 4.79 Å². The Morgan fingerprint density at radius 2 is 2.09 bits per heavy atom. The third-order valence-electron chi connectivity index (χ3n) is 6.73. The number of benzene rings is 1. The maximum absolute atomic E-state index is 12.0. The number of nitrogens with one attached hydrogen (secondary N) is 1. The summed E-state index contributed by atoms with van der Waals surface area (Å²) in [4.78, 5) is 25.9. The van der Waals surface area contributed by atoms with E-state index in [0.29, 0.717) is 12.5 Å². The van der Waals surface area contributed by atoms with Crippen LogP contribution in [0.5, 0.6) is 0 Å². The molecule has 0 unspecified atom stereocenters. The summed E-state index contributed by atoms with van der Waals surface area (Å²) < 4.78 is 7.63. The molecule has 2 aromatic heterocycles. The van der Waals surface area contributed by atoms with E-state index in [4.69, 9.17) is 9.72 Å². The van der Waals surface area contributed by atoms with Gasteiger partial charge in [-0.05, 0) is 43.5 Å². The third-order valence-corrected chi connectivity index (χ3v) is 6.73. The van der Waals surface area contributed by atoms with Crippen molar-refractivity contribution in [3.8, 4) is 0 Å². The molecule has 3 aromatic rings. The highest BCUT2D eigenvalue weighted by Crippen LogP contribution is 2.28. The molecular formula is C25H32N6O2. The van der Waals surface area contributed by atoms with Gasteiger partial charge in [-0.15, -0.1) is 0 Å². The number of hydrogen-bond acceptors (Lipinski definition) is 6. The van der Waals surface area contributed by atoms with Crippen molar-refractivity contribution in [3.05, 3.63) is 42.7 Å². The van der Waals surface area contributed by atoms with Crippen molar-refractivity contribution in [1.82, 2.24) is 19.9 Å². The van der Waals surface area contributed by atoms with Crippen molar-refractivity contribution < 1.29 is 9.53 Å². The molecule has 1 saturated carbocycles. The van der Waals surface area contributed by atoms with E-state index in [1.807, 2.05) is 24.2 Å². The lowest BCUT2D eigenvalue weighted by molar-refractivity contribution is -0.127. The number of morpholine rings is 1. The van der Waals surface area contributed by atoms with Gasteiger partial charge in [-0.1, -0.05) is 12.5 Å². The number of aromatic nitrogens is 3. The van der Waals surface area contributed by atoms with Crippen LogP contribution in [0.4, 0.5) is 17.3 Å². The van der Waals surface area contributed by atoms with Gasteiger partial charge in [0.05, 0.1) is 13.2 Å². The summed E-state index contributed by atoms with van der Waals surface area (Å²) in [6.07, 6.45) is 8.07. The summed E-state index contributed by atoms with van der Waals surface area (Å²) in [5.41, 5.74) is 3.16. The third kappa shape index (κ3) is 4.80. The quantitative estimate of drug-likeness (QED) is 0.533. The number of aryl methyl sites for hydroxylation is 1. The minimum absolute atomic E-state index is 0.212. The van der Waals surface area contributed by atoms with Crippen LogP contribution in [0.1, 0.15) is 25.7 Å². The van der Waals surface area contributed by atoms with E-state index in [9.17, 15) is 4.79 Å². The predicted octanol–water partition coefficient (Wildman–Crippen LogP) is 3.34. The molecule has 1 saturated heterocycles. The fourth-order valence-electron chi connectivity index (χ4n) is 4.41. The van der Waals surface area contributed by atoms with Crippen LogP contribution in [-0.2, 0) is 16.1 Å². The molecule has 174 valence electrons. The number of anilines is 3. The molecule has 1 aliphatic carbocycles. The zero-order valence-corrected chi connectivity index (χ0v) is 19.2. The molecule has 1 N–H and O–H groups in total. The lowest BCUT2D eigenvalue weighted by Crippen LogP contribution is -2.36. The van der Waals surface area contributed by atoms with Crippen LogP contribution in [0.3, 0.4) is 0 Å². The number of carbonyl (C=O) groups excluding carboxylic acids is 1. The Morgan fingerprint density at radius 3 is 2.88 bits per heavy atom. The van der Waals surface area contributed by atoms with Crippen LogP contribution in [0.15, 0.2) is 42.7 Å². The standard InChI is InChI=1S/C25H32N6O2/c1-29(21-7-3-8-22(17-21)30-13-15-33-16-14-30)25-27-18-20-9-12-31(23(20)28-25)11-4-10-26-24(32)19-5-2-6-19/h3,7-9,12,17-19H,2,4-6,10-11,13-16H2,1H3,(H,26,32). The molecule has 2 fully saturated rings. The first kappa shape index (κ1) is 21.7. The number of carbonyl (C=O) groups is 1. The van der Waals surface area contributed by atoms with E-state index in [1.54, 1.807) is 0 Å². The summed E-state index contributed by atoms with van der Waals surface area (Å²) in [5.74, 6) is 1.12. The average Bonchev–Trinajstić information content (AvgIpc) is 3.23. The lowest BCUT2D eigenvalue weighted by Gasteiger charge is -2.29. The minimum Gasteiger partial charge on any atom is -0.378 e. The van der Waals surface area contributed by atoms with E-state index in [0.717, 1.165) is 68.8 Å². The number of fused-ring (bicyclic) bond motifs is 1. The van der Waals surface area contributed by atoms with Gasteiger partial charge >= 0.3 is 0 Å². The molecule has 0 radical (unpaired) electrons. The lowest BCUT2D eigenvalue weighted by atomic mass is 9.85. The zero-order chi connectivity index (χ0) is 22.6. The second-order valence-electron chi connectivity index (χ2n) is 8.91. The van der Waals surface area contributed by atoms with E-state index in [-0.39, 0.29) is 11.8 Å². The maximum Gasteiger partial charge on any atom is 0.231 e. The number of amides is 1. The van der Waals surface area contributed by atoms with E-state index in [2.05, 4.69) is 50.2 Å². The molecule has 1 aliphatic heterocycles. The summed E-state index contributed by atoms with van der Waals surface area (Å²) in [6.45, 7) is 4.85. The van der Waals surface area contributed by atoms with Crippen LogP contribution in [0.2, 0.25) is 0 Å². The number of rotatable bonds is 8. The second-order valence-corrected chi connectivity index (χ2v) is 8.91. The van der Waals surface area contributed by atoms with Crippen molar-refractivity contribution in [3.63, 3.8) is 0 Å². The molecule has 8 nitrogen and oxygen atoms in total. The maximum atomic E-state index is 12.0. The van der Waals surface area contributed by atoms with Crippen LogP contribution in [0, 0.1) is 5.92 Å².